The summed E-state index contributed by atoms with van der Waals surface area (Å²) in [7, 11) is 0. The number of nitrogens with one attached hydrogen (secondary N) is 1. The number of nitrogens with zero attached hydrogens (tertiary/aromatic N) is 3. The van der Waals surface area contributed by atoms with Crippen LogP contribution in [0, 0.1) is 5.82 Å². The van der Waals surface area contributed by atoms with Crippen molar-refractivity contribution in [2.45, 2.75) is 12.6 Å². The van der Waals surface area contributed by atoms with E-state index >= 15 is 0 Å². The van der Waals surface area contributed by atoms with Crippen LogP contribution in [0.5, 0.6) is 0 Å². The lowest BCUT2D eigenvalue weighted by atomic mass is 10.1. The molecule has 1 aromatic carbocycles. The highest BCUT2D eigenvalue weighted by Crippen LogP contribution is 2.28. The maximum atomic E-state index is 13.6. The van der Waals surface area contributed by atoms with E-state index in [-0.39, 0.29) is 17.5 Å². The smallest absolute Gasteiger partial charge is 0.269 e. The first-order chi connectivity index (χ1) is 14.7. The lowest BCUT2D eigenvalue weighted by Gasteiger charge is -2.33. The highest BCUT2D eigenvalue weighted by Gasteiger charge is 2.24. The van der Waals surface area contributed by atoms with Gasteiger partial charge >= 0.3 is 0 Å². The van der Waals surface area contributed by atoms with Crippen LogP contribution < -0.4 is 5.56 Å². The Kier molecular flexibility index (Phi) is 5.12. The summed E-state index contributed by atoms with van der Waals surface area (Å²) in [6.07, 6.45) is 1.49. The second-order valence-corrected chi connectivity index (χ2v) is 8.10. The van der Waals surface area contributed by atoms with E-state index in [1.807, 2.05) is 29.6 Å². The van der Waals surface area contributed by atoms with Crippen molar-refractivity contribution in [2.75, 3.05) is 19.7 Å². The molecule has 0 spiro atoms. The summed E-state index contributed by atoms with van der Waals surface area (Å²) < 4.78 is 20.1. The summed E-state index contributed by atoms with van der Waals surface area (Å²) >= 11 is 1.40. The van der Waals surface area contributed by atoms with Crippen LogP contribution in [0.25, 0.3) is 21.7 Å². The minimum atomic E-state index is -0.262. The molecule has 0 radical (unpaired) electrons. The zero-order valence-electron chi connectivity index (χ0n) is 16.0. The maximum absolute atomic E-state index is 13.6. The molecule has 0 amide bonds. The van der Waals surface area contributed by atoms with Gasteiger partial charge in [0, 0.05) is 31.4 Å². The van der Waals surface area contributed by atoms with Gasteiger partial charge in [-0.1, -0.05) is 18.2 Å². The third-order valence-electron chi connectivity index (χ3n) is 5.17. The van der Waals surface area contributed by atoms with Gasteiger partial charge in [0.2, 0.25) is 0 Å². The van der Waals surface area contributed by atoms with Gasteiger partial charge in [-0.2, -0.15) is 0 Å². The Morgan fingerprint density at radius 3 is 3.03 bits per heavy atom. The lowest BCUT2D eigenvalue weighted by molar-refractivity contribution is -0.0329. The molecule has 4 heterocycles. The molecule has 152 valence electrons. The van der Waals surface area contributed by atoms with Crippen molar-refractivity contribution in [3.05, 3.63) is 81.3 Å². The Hall–Kier alpha value is -2.94. The topological polar surface area (TPSA) is 71.1 Å². The molecule has 3 aromatic heterocycles. The maximum Gasteiger partial charge on any atom is 0.269 e. The van der Waals surface area contributed by atoms with Crippen molar-refractivity contribution in [1.82, 2.24) is 19.9 Å². The van der Waals surface area contributed by atoms with E-state index in [1.165, 1.54) is 23.5 Å². The van der Waals surface area contributed by atoms with Crippen LogP contribution in [0.2, 0.25) is 0 Å². The second kappa shape index (κ2) is 8.06. The van der Waals surface area contributed by atoms with E-state index in [2.05, 4.69) is 14.9 Å². The van der Waals surface area contributed by atoms with Crippen LogP contribution in [0.3, 0.4) is 0 Å². The standard InChI is InChI=1S/C22H19FN4O2S/c23-16-5-3-4-14(10-16)18-12-27(8-9-29-18)11-15-13-30-20-19(15)25-21(26-22(20)28)17-6-1-2-7-24-17/h1-7,10,13,18H,8-9,11-12H2,(H,25,26,28). The van der Waals surface area contributed by atoms with Gasteiger partial charge < -0.3 is 9.72 Å². The predicted molar refractivity (Wildman–Crippen MR) is 114 cm³/mol. The fourth-order valence-corrected chi connectivity index (χ4v) is 4.60. The number of ether oxygens (including phenoxy) is 1. The molecule has 1 N–H and O–H groups in total. The Morgan fingerprint density at radius 2 is 2.20 bits per heavy atom. The number of hydrogen-bond acceptors (Lipinski definition) is 6. The van der Waals surface area contributed by atoms with Gasteiger partial charge in [-0.3, -0.25) is 14.7 Å². The van der Waals surface area contributed by atoms with Crippen LogP contribution >= 0.6 is 11.3 Å². The van der Waals surface area contributed by atoms with Crippen LogP contribution in [0.1, 0.15) is 17.2 Å². The molecule has 8 heteroatoms. The van der Waals surface area contributed by atoms with Crippen LogP contribution in [0.4, 0.5) is 4.39 Å². The van der Waals surface area contributed by atoms with Crippen molar-refractivity contribution < 1.29 is 9.13 Å². The molecule has 1 aliphatic rings. The van der Waals surface area contributed by atoms with Crippen LogP contribution in [-0.4, -0.2) is 39.5 Å². The Bertz CT molecular complexity index is 1240. The zero-order chi connectivity index (χ0) is 20.5. The minimum absolute atomic E-state index is 0.156. The molecular formula is C22H19FN4O2S. The molecule has 1 unspecified atom stereocenters. The molecule has 0 bridgehead atoms. The molecule has 0 aliphatic carbocycles. The fraction of sp³-hybridized carbons (Fsp3) is 0.227. The molecule has 1 saturated heterocycles. The number of aromatic amines is 1. The van der Waals surface area contributed by atoms with Crippen molar-refractivity contribution in [1.29, 1.82) is 0 Å². The van der Waals surface area contributed by atoms with Gasteiger partial charge in [-0.05, 0) is 35.2 Å². The number of fused-ring (bicyclic) bond motifs is 1. The lowest BCUT2D eigenvalue weighted by Crippen LogP contribution is -2.37. The second-order valence-electron chi connectivity index (χ2n) is 7.22. The molecule has 6 nitrogen and oxygen atoms in total. The van der Waals surface area contributed by atoms with Crippen molar-refractivity contribution in [2.24, 2.45) is 0 Å². The normalized spacial score (nSPS) is 17.4. The Morgan fingerprint density at radius 1 is 1.27 bits per heavy atom. The van der Waals surface area contributed by atoms with Crippen LogP contribution in [-0.2, 0) is 11.3 Å². The van der Waals surface area contributed by atoms with Crippen molar-refractivity contribution in [3.63, 3.8) is 0 Å². The Labute approximate surface area is 176 Å². The average Bonchev–Trinajstić information content (AvgIpc) is 3.18. The number of pyridine rings is 1. The Balaban J connectivity index is 1.42. The number of hydrogen-bond donors (Lipinski definition) is 1. The molecule has 1 aliphatic heterocycles. The molecule has 5 rings (SSSR count). The van der Waals surface area contributed by atoms with Gasteiger partial charge in [-0.25, -0.2) is 9.37 Å². The van der Waals surface area contributed by atoms with Crippen molar-refractivity contribution in [3.8, 4) is 11.5 Å². The summed E-state index contributed by atoms with van der Waals surface area (Å²) in [5, 5.41) is 1.99. The van der Waals surface area contributed by atoms with Gasteiger partial charge in [0.1, 0.15) is 16.2 Å². The number of thiophene rings is 1. The number of H-pyrrole nitrogens is 1. The number of aromatic nitrogens is 3. The van der Waals surface area contributed by atoms with Crippen LogP contribution in [0.15, 0.2) is 58.8 Å². The molecule has 30 heavy (non-hydrogen) atoms. The summed E-state index contributed by atoms with van der Waals surface area (Å²) in [4.78, 5) is 26.6. The van der Waals surface area contributed by atoms with Gasteiger partial charge in [0.05, 0.1) is 18.2 Å². The third kappa shape index (κ3) is 3.77. The first kappa shape index (κ1) is 19.0. The summed E-state index contributed by atoms with van der Waals surface area (Å²) in [6.45, 7) is 2.63. The van der Waals surface area contributed by atoms with Gasteiger partial charge in [-0.15, -0.1) is 11.3 Å². The largest absolute Gasteiger partial charge is 0.371 e. The molecular weight excluding hydrogens is 403 g/mol. The van der Waals surface area contributed by atoms with E-state index in [4.69, 9.17) is 9.72 Å². The molecule has 1 atom stereocenters. The predicted octanol–water partition coefficient (Wildman–Crippen LogP) is 3.76. The number of morpholine rings is 1. The number of halogens is 1. The highest BCUT2D eigenvalue weighted by molar-refractivity contribution is 7.17. The van der Waals surface area contributed by atoms with E-state index < -0.39 is 0 Å². The van der Waals surface area contributed by atoms with Crippen molar-refractivity contribution >= 4 is 21.6 Å². The molecule has 4 aromatic rings. The quantitative estimate of drug-likeness (QED) is 0.542. The monoisotopic (exact) mass is 422 g/mol. The minimum Gasteiger partial charge on any atom is -0.371 e. The summed E-state index contributed by atoms with van der Waals surface area (Å²) in [5.74, 6) is 0.204. The summed E-state index contributed by atoms with van der Waals surface area (Å²) in [5.41, 5.74) is 3.01. The zero-order valence-corrected chi connectivity index (χ0v) is 16.9. The van der Waals surface area contributed by atoms with E-state index in [9.17, 15) is 9.18 Å². The SMILES string of the molecule is O=c1[nH]c(-c2ccccn2)nc2c(CN3CCOC(c4cccc(F)c4)C3)csc12. The number of benzene rings is 1. The van der Waals surface area contributed by atoms with E-state index in [1.54, 1.807) is 12.3 Å². The van der Waals surface area contributed by atoms with Gasteiger partial charge in [0.25, 0.3) is 5.56 Å². The van der Waals surface area contributed by atoms with Gasteiger partial charge in [0.15, 0.2) is 5.82 Å². The average molecular weight is 422 g/mol. The van der Waals surface area contributed by atoms with E-state index in [0.29, 0.717) is 41.4 Å². The highest BCUT2D eigenvalue weighted by atomic mass is 32.1. The first-order valence-corrected chi connectivity index (χ1v) is 10.6. The number of rotatable bonds is 4. The molecule has 0 saturated carbocycles. The first-order valence-electron chi connectivity index (χ1n) is 9.68. The summed E-state index contributed by atoms with van der Waals surface area (Å²) in [6, 6.07) is 12.1. The third-order valence-corrected chi connectivity index (χ3v) is 6.19. The molecule has 1 fully saturated rings. The van der Waals surface area contributed by atoms with E-state index in [0.717, 1.165) is 17.7 Å². The fourth-order valence-electron chi connectivity index (χ4n) is 3.71.